The van der Waals surface area contributed by atoms with Gasteiger partial charge in [-0.15, -0.1) is 0 Å². The van der Waals surface area contributed by atoms with E-state index >= 15 is 0 Å². The van der Waals surface area contributed by atoms with Crippen molar-refractivity contribution in [3.05, 3.63) is 91.4 Å². The first-order valence-corrected chi connectivity index (χ1v) is 8.06. The summed E-state index contributed by atoms with van der Waals surface area (Å²) in [7, 11) is 0. The van der Waals surface area contributed by atoms with E-state index in [9.17, 15) is 5.11 Å². The van der Waals surface area contributed by atoms with Crippen molar-refractivity contribution in [2.75, 3.05) is 0 Å². The molecule has 4 heteroatoms. The van der Waals surface area contributed by atoms with E-state index in [1.165, 1.54) is 0 Å². The third kappa shape index (κ3) is 4.18. The van der Waals surface area contributed by atoms with Crippen LogP contribution in [-0.2, 0) is 0 Å². The van der Waals surface area contributed by atoms with Gasteiger partial charge in [-0.2, -0.15) is 0 Å². The summed E-state index contributed by atoms with van der Waals surface area (Å²) >= 11 is 0. The number of rotatable bonds is 3. The molecule has 0 spiro atoms. The molecule has 1 N–H and O–H groups in total. The van der Waals surface area contributed by atoms with Crippen molar-refractivity contribution >= 4 is 0 Å². The van der Waals surface area contributed by atoms with E-state index in [2.05, 4.69) is 34.2 Å². The van der Waals surface area contributed by atoms with Crippen LogP contribution >= 0.6 is 0 Å². The monoisotopic (exact) mass is 410 g/mol. The average Bonchev–Trinajstić information content (AvgIpc) is 2.70. The van der Waals surface area contributed by atoms with Crippen LogP contribution in [-0.4, -0.2) is 15.1 Å². The van der Waals surface area contributed by atoms with Crippen LogP contribution in [0.3, 0.4) is 0 Å². The minimum atomic E-state index is 0. The summed E-state index contributed by atoms with van der Waals surface area (Å²) in [6, 6.07) is 23.6. The molecular weight excluding hydrogens is 394 g/mol. The molecule has 0 fully saturated rings. The minimum absolute atomic E-state index is 0. The van der Waals surface area contributed by atoms with Crippen molar-refractivity contribution in [1.82, 2.24) is 9.97 Å². The fraction of sp³-hybridized carbons (Fsp3) is 0. The first kappa shape index (κ1) is 19.1. The molecule has 0 aliphatic carbocycles. The summed E-state index contributed by atoms with van der Waals surface area (Å²) in [5.41, 5.74) is 5.83. The standard InChI is InChI=1S/C22H16N2O.Rb.H/c25-22-11-10-18(14-20(22)21-5-1-2-13-24-21)16-6-8-17(9-7-16)19-4-3-12-23-15-19;;/h1-15,25H;;/q;+1;-1. The molecule has 4 rings (SSSR count). The van der Waals surface area contributed by atoms with E-state index in [0.717, 1.165) is 33.5 Å². The predicted octanol–water partition coefficient (Wildman–Crippen LogP) is 2.30. The molecule has 2 heterocycles. The van der Waals surface area contributed by atoms with Crippen molar-refractivity contribution in [1.29, 1.82) is 0 Å². The Labute approximate surface area is 203 Å². The van der Waals surface area contributed by atoms with Crippen LogP contribution in [0.4, 0.5) is 0 Å². The van der Waals surface area contributed by atoms with Gasteiger partial charge in [0.1, 0.15) is 5.75 Å². The number of phenolic OH excluding ortho intramolecular Hbond substituents is 1. The predicted molar refractivity (Wildman–Crippen MR) is 101 cm³/mol. The van der Waals surface area contributed by atoms with Crippen molar-refractivity contribution in [3.8, 4) is 39.3 Å². The third-order valence-corrected chi connectivity index (χ3v) is 4.15. The molecule has 0 bridgehead atoms. The zero-order valence-electron chi connectivity index (χ0n) is 15.5. The van der Waals surface area contributed by atoms with Gasteiger partial charge in [0.2, 0.25) is 0 Å². The molecule has 0 aliphatic rings. The van der Waals surface area contributed by atoms with Crippen molar-refractivity contribution in [2.24, 2.45) is 0 Å². The number of pyridine rings is 2. The smallest absolute Gasteiger partial charge is 1.00 e. The Kier molecular flexibility index (Phi) is 6.49. The quantitative estimate of drug-likeness (QED) is 0.563. The summed E-state index contributed by atoms with van der Waals surface area (Å²) in [5, 5.41) is 10.2. The number of benzene rings is 2. The molecule has 2 aromatic carbocycles. The molecule has 26 heavy (non-hydrogen) atoms. The summed E-state index contributed by atoms with van der Waals surface area (Å²) in [5.74, 6) is 0.231. The van der Waals surface area contributed by atoms with Crippen molar-refractivity contribution in [2.45, 2.75) is 0 Å². The van der Waals surface area contributed by atoms with Gasteiger partial charge in [-0.25, -0.2) is 0 Å². The minimum Gasteiger partial charge on any atom is -1.00 e. The summed E-state index contributed by atoms with van der Waals surface area (Å²) in [6.07, 6.45) is 5.35. The number of hydrogen-bond acceptors (Lipinski definition) is 3. The number of nitrogens with zero attached hydrogens (tertiary/aromatic N) is 2. The van der Waals surface area contributed by atoms with E-state index in [0.29, 0.717) is 0 Å². The second kappa shape index (κ2) is 8.82. The SMILES string of the molecule is Oc1ccc(-c2ccc(-c3cccnc3)cc2)cc1-c1ccccn1.[H-].[Rb+]. The van der Waals surface area contributed by atoms with Gasteiger partial charge in [-0.05, 0) is 52.6 Å². The molecule has 0 amide bonds. The molecule has 3 nitrogen and oxygen atoms in total. The molecule has 0 unspecified atom stereocenters. The van der Waals surface area contributed by atoms with Crippen molar-refractivity contribution < 1.29 is 64.7 Å². The molecule has 0 aliphatic heterocycles. The summed E-state index contributed by atoms with van der Waals surface area (Å²) in [6.45, 7) is 0. The maximum absolute atomic E-state index is 10.2. The van der Waals surface area contributed by atoms with E-state index in [-0.39, 0.29) is 65.4 Å². The van der Waals surface area contributed by atoms with Gasteiger partial charge in [0.15, 0.2) is 0 Å². The van der Waals surface area contributed by atoms with Gasteiger partial charge in [0.25, 0.3) is 0 Å². The number of phenols is 1. The van der Waals surface area contributed by atoms with Crippen LogP contribution < -0.4 is 58.2 Å². The normalized spacial score (nSPS) is 10.2. The second-order valence-electron chi connectivity index (χ2n) is 5.77. The Morgan fingerprint density at radius 3 is 2.08 bits per heavy atom. The van der Waals surface area contributed by atoms with Gasteiger partial charge in [0.05, 0.1) is 5.69 Å². The number of aromatic hydroxyl groups is 1. The van der Waals surface area contributed by atoms with Crippen LogP contribution in [0.2, 0.25) is 0 Å². The van der Waals surface area contributed by atoms with E-state index in [1.54, 1.807) is 18.5 Å². The van der Waals surface area contributed by atoms with E-state index in [4.69, 9.17) is 0 Å². The molecule has 2 aromatic heterocycles. The van der Waals surface area contributed by atoms with Gasteiger partial charge >= 0.3 is 58.2 Å². The maximum Gasteiger partial charge on any atom is 1.00 e. The molecule has 0 radical (unpaired) electrons. The first-order chi connectivity index (χ1) is 12.3. The zero-order valence-corrected chi connectivity index (χ0v) is 19.4. The van der Waals surface area contributed by atoms with Crippen LogP contribution in [0.1, 0.15) is 1.43 Å². The molecule has 0 saturated carbocycles. The third-order valence-electron chi connectivity index (χ3n) is 4.15. The van der Waals surface area contributed by atoms with Crippen LogP contribution in [0, 0.1) is 0 Å². The largest absolute Gasteiger partial charge is 1.00 e. The average molecular weight is 411 g/mol. The topological polar surface area (TPSA) is 46.0 Å². The Hall–Kier alpha value is -1.65. The second-order valence-corrected chi connectivity index (χ2v) is 5.77. The Morgan fingerprint density at radius 1 is 0.692 bits per heavy atom. The van der Waals surface area contributed by atoms with E-state index < -0.39 is 0 Å². The van der Waals surface area contributed by atoms with E-state index in [1.807, 2.05) is 48.7 Å². The van der Waals surface area contributed by atoms with Crippen molar-refractivity contribution in [3.63, 3.8) is 0 Å². The Bertz CT molecular complexity index is 994. The maximum atomic E-state index is 10.2. The first-order valence-electron chi connectivity index (χ1n) is 8.06. The number of aromatic nitrogens is 2. The summed E-state index contributed by atoms with van der Waals surface area (Å²) in [4.78, 5) is 8.49. The van der Waals surface area contributed by atoms with Gasteiger partial charge in [0, 0.05) is 24.2 Å². The Morgan fingerprint density at radius 2 is 1.42 bits per heavy atom. The molecular formula is C22H17N2ORb. The summed E-state index contributed by atoms with van der Waals surface area (Å²) < 4.78 is 0. The van der Waals surface area contributed by atoms with Gasteiger partial charge in [-0.3, -0.25) is 9.97 Å². The fourth-order valence-electron chi connectivity index (χ4n) is 2.83. The fourth-order valence-corrected chi connectivity index (χ4v) is 2.83. The zero-order chi connectivity index (χ0) is 17.1. The molecule has 0 atom stereocenters. The Balaban J connectivity index is 0.00000131. The van der Waals surface area contributed by atoms with Crippen LogP contribution in [0.15, 0.2) is 91.4 Å². The van der Waals surface area contributed by atoms with Gasteiger partial charge < -0.3 is 6.53 Å². The molecule has 0 saturated heterocycles. The molecule has 122 valence electrons. The number of hydrogen-bond donors (Lipinski definition) is 1. The molecule has 4 aromatic rings. The van der Waals surface area contributed by atoms with Gasteiger partial charge in [-0.1, -0.05) is 42.5 Å². The van der Waals surface area contributed by atoms with Crippen LogP contribution in [0.25, 0.3) is 33.5 Å². The van der Waals surface area contributed by atoms with Crippen LogP contribution in [0.5, 0.6) is 5.75 Å².